The van der Waals surface area contributed by atoms with Crippen LogP contribution in [0.4, 0.5) is 0 Å². The quantitative estimate of drug-likeness (QED) is 0.359. The molecule has 0 spiro atoms. The van der Waals surface area contributed by atoms with E-state index in [4.69, 9.17) is 4.74 Å². The second-order valence-electron chi connectivity index (χ2n) is 6.45. The molecule has 6 nitrogen and oxygen atoms in total. The highest BCUT2D eigenvalue weighted by Crippen LogP contribution is 2.39. The Labute approximate surface area is 167 Å². The molecular formula is C18H29IN4O2. The van der Waals surface area contributed by atoms with E-state index in [9.17, 15) is 4.79 Å². The first-order valence-electron chi connectivity index (χ1n) is 8.54. The van der Waals surface area contributed by atoms with Crippen LogP contribution in [-0.2, 0) is 4.79 Å². The number of nitrogens with one attached hydrogen (secondary N) is 3. The van der Waals surface area contributed by atoms with Gasteiger partial charge in [0.05, 0.1) is 6.04 Å². The summed E-state index contributed by atoms with van der Waals surface area (Å²) in [4.78, 5) is 16.0. The molecule has 25 heavy (non-hydrogen) atoms. The molecule has 1 aliphatic rings. The van der Waals surface area contributed by atoms with Crippen LogP contribution in [0.25, 0.3) is 0 Å². The van der Waals surface area contributed by atoms with Crippen LogP contribution in [0.5, 0.6) is 5.75 Å². The van der Waals surface area contributed by atoms with Gasteiger partial charge in [0.2, 0.25) is 5.91 Å². The van der Waals surface area contributed by atoms with E-state index in [-0.39, 0.29) is 48.1 Å². The van der Waals surface area contributed by atoms with Crippen molar-refractivity contribution >= 4 is 35.8 Å². The van der Waals surface area contributed by atoms with Crippen molar-refractivity contribution in [1.82, 2.24) is 16.0 Å². The van der Waals surface area contributed by atoms with Gasteiger partial charge in [-0.05, 0) is 33.8 Å². The first kappa shape index (κ1) is 21.5. The Balaban J connectivity index is 0.00000312. The number of ether oxygens (including phenoxy) is 1. The fourth-order valence-corrected chi connectivity index (χ4v) is 2.82. The fraction of sp³-hybridized carbons (Fsp3) is 0.556. The molecule has 1 aromatic carbocycles. The summed E-state index contributed by atoms with van der Waals surface area (Å²) in [6, 6.07) is 8.12. The molecule has 7 heteroatoms. The molecule has 1 aromatic rings. The highest BCUT2D eigenvalue weighted by molar-refractivity contribution is 14.0. The predicted octanol–water partition coefficient (Wildman–Crippen LogP) is 2.60. The minimum Gasteiger partial charge on any atom is -0.487 e. The Morgan fingerprint density at radius 3 is 2.60 bits per heavy atom. The Morgan fingerprint density at radius 2 is 1.92 bits per heavy atom. The van der Waals surface area contributed by atoms with Crippen molar-refractivity contribution in [2.75, 3.05) is 19.6 Å². The van der Waals surface area contributed by atoms with Crippen molar-refractivity contribution in [2.45, 2.75) is 45.8 Å². The van der Waals surface area contributed by atoms with Gasteiger partial charge in [0, 0.05) is 25.1 Å². The third kappa shape index (κ3) is 6.37. The molecule has 0 saturated heterocycles. The molecule has 0 saturated carbocycles. The van der Waals surface area contributed by atoms with E-state index in [1.165, 1.54) is 0 Å². The number of guanidine groups is 1. The van der Waals surface area contributed by atoms with E-state index >= 15 is 0 Å². The summed E-state index contributed by atoms with van der Waals surface area (Å²) in [6.45, 7) is 9.51. The number of carbonyl (C=O) groups is 1. The first-order chi connectivity index (χ1) is 11.4. The van der Waals surface area contributed by atoms with E-state index in [0.29, 0.717) is 12.5 Å². The van der Waals surface area contributed by atoms with E-state index in [2.05, 4.69) is 40.9 Å². The van der Waals surface area contributed by atoms with E-state index in [0.717, 1.165) is 24.3 Å². The molecule has 1 amide bonds. The van der Waals surface area contributed by atoms with Crippen LogP contribution >= 0.6 is 24.0 Å². The summed E-state index contributed by atoms with van der Waals surface area (Å²) < 4.78 is 6.06. The number of aliphatic imine (C=N–C) groups is 1. The molecule has 0 aliphatic carbocycles. The summed E-state index contributed by atoms with van der Waals surface area (Å²) in [5.41, 5.74) is 0.851. The van der Waals surface area contributed by atoms with Gasteiger partial charge in [0.25, 0.3) is 0 Å². The van der Waals surface area contributed by atoms with Crippen molar-refractivity contribution in [1.29, 1.82) is 0 Å². The molecule has 1 atom stereocenters. The third-order valence-electron chi connectivity index (χ3n) is 3.79. The van der Waals surface area contributed by atoms with E-state index in [1.54, 1.807) is 0 Å². The zero-order valence-corrected chi connectivity index (χ0v) is 17.7. The maximum absolute atomic E-state index is 11.7. The number of hydrogen-bond donors (Lipinski definition) is 3. The van der Waals surface area contributed by atoms with Gasteiger partial charge >= 0.3 is 0 Å². The lowest BCUT2D eigenvalue weighted by Gasteiger charge is -2.38. The van der Waals surface area contributed by atoms with Crippen molar-refractivity contribution < 1.29 is 9.53 Å². The van der Waals surface area contributed by atoms with Gasteiger partial charge in [0.1, 0.15) is 17.9 Å². The minimum absolute atomic E-state index is 0. The van der Waals surface area contributed by atoms with E-state index < -0.39 is 0 Å². The van der Waals surface area contributed by atoms with Crippen molar-refractivity contribution in [3.63, 3.8) is 0 Å². The predicted molar refractivity (Wildman–Crippen MR) is 112 cm³/mol. The average molecular weight is 460 g/mol. The third-order valence-corrected chi connectivity index (χ3v) is 3.79. The monoisotopic (exact) mass is 460 g/mol. The van der Waals surface area contributed by atoms with Gasteiger partial charge in [0.15, 0.2) is 5.96 Å². The van der Waals surface area contributed by atoms with Gasteiger partial charge < -0.3 is 20.7 Å². The number of para-hydroxylation sites is 1. The van der Waals surface area contributed by atoms with Gasteiger partial charge in [-0.3, -0.25) is 4.79 Å². The molecule has 3 N–H and O–H groups in total. The lowest BCUT2D eigenvalue weighted by Crippen LogP contribution is -2.45. The summed E-state index contributed by atoms with van der Waals surface area (Å²) in [7, 11) is 0. The van der Waals surface area contributed by atoms with Crippen LogP contribution in [0.3, 0.4) is 0 Å². The number of nitrogens with zero attached hydrogens (tertiary/aromatic N) is 1. The number of rotatable bonds is 5. The zero-order chi connectivity index (χ0) is 17.6. The highest BCUT2D eigenvalue weighted by Gasteiger charge is 2.33. The first-order valence-corrected chi connectivity index (χ1v) is 8.54. The van der Waals surface area contributed by atoms with Gasteiger partial charge in [-0.1, -0.05) is 18.2 Å². The van der Waals surface area contributed by atoms with Gasteiger partial charge in [-0.15, -0.1) is 24.0 Å². The Bertz CT molecular complexity index is 604. The minimum atomic E-state index is -0.261. The molecule has 0 fully saturated rings. The van der Waals surface area contributed by atoms with Crippen molar-refractivity contribution in [3.05, 3.63) is 29.8 Å². The van der Waals surface area contributed by atoms with Crippen LogP contribution in [0.15, 0.2) is 29.3 Å². The summed E-state index contributed by atoms with van der Waals surface area (Å²) in [6.07, 6.45) is 0.815. The largest absolute Gasteiger partial charge is 0.487 e. The van der Waals surface area contributed by atoms with Crippen molar-refractivity contribution in [2.24, 2.45) is 4.99 Å². The zero-order valence-electron chi connectivity index (χ0n) is 15.4. The fourth-order valence-electron chi connectivity index (χ4n) is 2.82. The Hall–Kier alpha value is -1.51. The number of fused-ring (bicyclic) bond motifs is 1. The second-order valence-corrected chi connectivity index (χ2v) is 6.45. The molecule has 140 valence electrons. The summed E-state index contributed by atoms with van der Waals surface area (Å²) in [5.74, 6) is 1.45. The van der Waals surface area contributed by atoms with Crippen molar-refractivity contribution in [3.8, 4) is 5.75 Å². The van der Waals surface area contributed by atoms with Crippen LogP contribution in [0.1, 0.15) is 45.7 Å². The molecular weight excluding hydrogens is 431 g/mol. The maximum atomic E-state index is 11.7. The SMILES string of the molecule is CCNC(=O)CN=C(NCC)NC1CC(C)(C)Oc2ccccc21.I. The smallest absolute Gasteiger partial charge is 0.241 e. The number of amides is 1. The Morgan fingerprint density at radius 1 is 1.24 bits per heavy atom. The Kier molecular flexibility index (Phi) is 8.47. The summed E-state index contributed by atoms with van der Waals surface area (Å²) in [5, 5.41) is 9.40. The second kappa shape index (κ2) is 9.84. The van der Waals surface area contributed by atoms with Crippen LogP contribution in [-0.4, -0.2) is 37.1 Å². The molecule has 0 radical (unpaired) electrons. The molecule has 1 heterocycles. The standard InChI is InChI=1S/C18H28N4O2.HI/c1-5-19-16(23)12-21-17(20-6-2)22-14-11-18(3,4)24-15-10-8-7-9-13(14)15;/h7-10,14H,5-6,11-12H2,1-4H3,(H,19,23)(H2,20,21,22);1H. The number of hydrogen-bond acceptors (Lipinski definition) is 3. The number of halogens is 1. The van der Waals surface area contributed by atoms with Crippen LogP contribution in [0, 0.1) is 0 Å². The number of benzene rings is 1. The van der Waals surface area contributed by atoms with Gasteiger partial charge in [-0.25, -0.2) is 4.99 Å². The normalized spacial score (nSPS) is 18.2. The maximum Gasteiger partial charge on any atom is 0.241 e. The number of likely N-dealkylation sites (N-methyl/N-ethyl adjacent to an activating group) is 1. The molecule has 0 bridgehead atoms. The highest BCUT2D eigenvalue weighted by atomic mass is 127. The lowest BCUT2D eigenvalue weighted by atomic mass is 9.90. The van der Waals surface area contributed by atoms with Gasteiger partial charge in [-0.2, -0.15) is 0 Å². The van der Waals surface area contributed by atoms with Crippen LogP contribution in [0.2, 0.25) is 0 Å². The van der Waals surface area contributed by atoms with Crippen LogP contribution < -0.4 is 20.7 Å². The molecule has 1 unspecified atom stereocenters. The number of carbonyl (C=O) groups excluding carboxylic acids is 1. The topological polar surface area (TPSA) is 74.8 Å². The van der Waals surface area contributed by atoms with E-state index in [1.807, 2.05) is 32.0 Å². The molecule has 1 aliphatic heterocycles. The average Bonchev–Trinajstić information content (AvgIpc) is 2.52. The summed E-state index contributed by atoms with van der Waals surface area (Å²) >= 11 is 0. The lowest BCUT2D eigenvalue weighted by molar-refractivity contribution is -0.119. The molecule has 2 rings (SSSR count). The molecule has 0 aromatic heterocycles.